The first-order valence-electron chi connectivity index (χ1n) is 5.14. The SMILES string of the molecule is CC(C)Cc1ccc2nc(CO)cn2n1. The van der Waals surface area contributed by atoms with E-state index in [2.05, 4.69) is 23.9 Å². The lowest BCUT2D eigenvalue weighted by atomic mass is 10.1. The first kappa shape index (κ1) is 10.1. The first-order chi connectivity index (χ1) is 7.19. The summed E-state index contributed by atoms with van der Waals surface area (Å²) in [5, 5.41) is 13.4. The van der Waals surface area contributed by atoms with Crippen LogP contribution in [0.3, 0.4) is 0 Å². The van der Waals surface area contributed by atoms with E-state index in [4.69, 9.17) is 5.11 Å². The van der Waals surface area contributed by atoms with Crippen molar-refractivity contribution in [1.82, 2.24) is 14.6 Å². The van der Waals surface area contributed by atoms with E-state index in [1.807, 2.05) is 12.1 Å². The van der Waals surface area contributed by atoms with E-state index >= 15 is 0 Å². The van der Waals surface area contributed by atoms with Gasteiger partial charge in [0.15, 0.2) is 5.65 Å². The summed E-state index contributed by atoms with van der Waals surface area (Å²) in [6, 6.07) is 3.92. The first-order valence-corrected chi connectivity index (χ1v) is 5.14. The Morgan fingerprint density at radius 2 is 2.13 bits per heavy atom. The summed E-state index contributed by atoms with van der Waals surface area (Å²) in [5.41, 5.74) is 2.50. The van der Waals surface area contributed by atoms with Crippen LogP contribution >= 0.6 is 0 Å². The van der Waals surface area contributed by atoms with Crippen LogP contribution in [0, 0.1) is 5.92 Å². The molecule has 2 heterocycles. The number of hydrogen-bond acceptors (Lipinski definition) is 3. The van der Waals surface area contributed by atoms with Crippen LogP contribution in [0.4, 0.5) is 0 Å². The number of aliphatic hydroxyl groups is 1. The summed E-state index contributed by atoms with van der Waals surface area (Å²) in [6.45, 7) is 4.29. The number of rotatable bonds is 3. The molecule has 80 valence electrons. The van der Waals surface area contributed by atoms with Crippen molar-refractivity contribution in [1.29, 1.82) is 0 Å². The molecule has 0 bridgehead atoms. The van der Waals surface area contributed by atoms with Gasteiger partial charge in [-0.1, -0.05) is 13.8 Å². The van der Waals surface area contributed by atoms with Gasteiger partial charge in [0.2, 0.25) is 0 Å². The molecule has 1 N–H and O–H groups in total. The second-order valence-electron chi connectivity index (χ2n) is 4.12. The maximum Gasteiger partial charge on any atom is 0.153 e. The monoisotopic (exact) mass is 205 g/mol. The van der Waals surface area contributed by atoms with Crippen molar-refractivity contribution in [2.24, 2.45) is 5.92 Å². The second-order valence-corrected chi connectivity index (χ2v) is 4.12. The normalized spacial score (nSPS) is 11.5. The van der Waals surface area contributed by atoms with E-state index in [1.165, 1.54) is 0 Å². The zero-order valence-corrected chi connectivity index (χ0v) is 9.01. The van der Waals surface area contributed by atoms with Crippen molar-refractivity contribution in [3.8, 4) is 0 Å². The Balaban J connectivity index is 2.37. The highest BCUT2D eigenvalue weighted by Gasteiger charge is 2.04. The molecule has 0 unspecified atom stereocenters. The lowest BCUT2D eigenvalue weighted by molar-refractivity contribution is 0.277. The van der Waals surface area contributed by atoms with Crippen molar-refractivity contribution >= 4 is 5.65 Å². The second kappa shape index (κ2) is 3.98. The third-order valence-corrected chi connectivity index (χ3v) is 2.20. The van der Waals surface area contributed by atoms with E-state index in [1.54, 1.807) is 10.7 Å². The van der Waals surface area contributed by atoms with Gasteiger partial charge in [0.05, 0.1) is 24.2 Å². The number of fused-ring (bicyclic) bond motifs is 1. The molecule has 0 aliphatic carbocycles. The molecule has 0 aliphatic heterocycles. The van der Waals surface area contributed by atoms with Crippen molar-refractivity contribution in [2.45, 2.75) is 26.9 Å². The van der Waals surface area contributed by atoms with Crippen molar-refractivity contribution in [3.63, 3.8) is 0 Å². The fourth-order valence-electron chi connectivity index (χ4n) is 1.57. The topological polar surface area (TPSA) is 50.4 Å². The number of nitrogens with zero attached hydrogens (tertiary/aromatic N) is 3. The van der Waals surface area contributed by atoms with Crippen LogP contribution in [0.5, 0.6) is 0 Å². The van der Waals surface area contributed by atoms with Crippen LogP contribution in [0.15, 0.2) is 18.3 Å². The third kappa shape index (κ3) is 2.15. The lowest BCUT2D eigenvalue weighted by Gasteiger charge is -2.03. The minimum absolute atomic E-state index is 0.0388. The molecular formula is C11H15N3O. The maximum absolute atomic E-state index is 8.95. The van der Waals surface area contributed by atoms with Crippen LogP contribution in [-0.4, -0.2) is 19.7 Å². The third-order valence-electron chi connectivity index (χ3n) is 2.20. The number of imidazole rings is 1. The fraction of sp³-hybridized carbons (Fsp3) is 0.455. The van der Waals surface area contributed by atoms with Gasteiger partial charge >= 0.3 is 0 Å². The Labute approximate surface area is 88.6 Å². The summed E-state index contributed by atoms with van der Waals surface area (Å²) in [4.78, 5) is 4.20. The Bertz CT molecular complexity index is 462. The van der Waals surface area contributed by atoms with E-state index < -0.39 is 0 Å². The molecular weight excluding hydrogens is 190 g/mol. The highest BCUT2D eigenvalue weighted by Crippen LogP contribution is 2.08. The average molecular weight is 205 g/mol. The molecule has 0 aliphatic rings. The van der Waals surface area contributed by atoms with Crippen LogP contribution in [0.2, 0.25) is 0 Å². The van der Waals surface area contributed by atoms with Gasteiger partial charge in [-0.2, -0.15) is 5.10 Å². The summed E-state index contributed by atoms with van der Waals surface area (Å²) in [7, 11) is 0. The molecule has 4 heteroatoms. The van der Waals surface area contributed by atoms with Gasteiger partial charge in [0.1, 0.15) is 0 Å². The summed E-state index contributed by atoms with van der Waals surface area (Å²) >= 11 is 0. The molecule has 0 fully saturated rings. The fourth-order valence-corrected chi connectivity index (χ4v) is 1.57. The predicted octanol–water partition coefficient (Wildman–Crippen LogP) is 1.42. The summed E-state index contributed by atoms with van der Waals surface area (Å²) in [6.07, 6.45) is 2.72. The van der Waals surface area contributed by atoms with Gasteiger partial charge in [0.25, 0.3) is 0 Å². The predicted molar refractivity (Wildman–Crippen MR) is 57.5 cm³/mol. The molecule has 2 aromatic rings. The number of aromatic nitrogens is 3. The molecule has 0 amide bonds. The van der Waals surface area contributed by atoms with E-state index in [-0.39, 0.29) is 6.61 Å². The summed E-state index contributed by atoms with van der Waals surface area (Å²) < 4.78 is 1.73. The number of hydrogen-bond donors (Lipinski definition) is 1. The van der Waals surface area contributed by atoms with Crippen LogP contribution in [-0.2, 0) is 13.0 Å². The Morgan fingerprint density at radius 3 is 2.80 bits per heavy atom. The van der Waals surface area contributed by atoms with E-state index in [0.717, 1.165) is 17.8 Å². The quantitative estimate of drug-likeness (QED) is 0.824. The van der Waals surface area contributed by atoms with Crippen molar-refractivity contribution in [3.05, 3.63) is 29.7 Å². The van der Waals surface area contributed by atoms with Gasteiger partial charge in [0, 0.05) is 0 Å². The largest absolute Gasteiger partial charge is 0.390 e. The molecule has 0 radical (unpaired) electrons. The zero-order chi connectivity index (χ0) is 10.8. The Hall–Kier alpha value is -1.42. The molecule has 0 saturated carbocycles. The average Bonchev–Trinajstić information content (AvgIpc) is 2.58. The van der Waals surface area contributed by atoms with Crippen molar-refractivity contribution in [2.75, 3.05) is 0 Å². The minimum Gasteiger partial charge on any atom is -0.390 e. The van der Waals surface area contributed by atoms with Gasteiger partial charge in [-0.25, -0.2) is 9.50 Å². The molecule has 0 atom stereocenters. The molecule has 0 spiro atoms. The van der Waals surface area contributed by atoms with Gasteiger partial charge in [-0.15, -0.1) is 0 Å². The standard InChI is InChI=1S/C11H15N3O/c1-8(2)5-9-3-4-11-12-10(7-15)6-14(11)13-9/h3-4,6,8,15H,5,7H2,1-2H3. The molecule has 2 aromatic heterocycles. The van der Waals surface area contributed by atoms with E-state index in [9.17, 15) is 0 Å². The molecule has 0 saturated heterocycles. The molecule has 4 nitrogen and oxygen atoms in total. The van der Waals surface area contributed by atoms with E-state index in [0.29, 0.717) is 11.6 Å². The van der Waals surface area contributed by atoms with Crippen LogP contribution in [0.25, 0.3) is 5.65 Å². The minimum atomic E-state index is -0.0388. The van der Waals surface area contributed by atoms with Crippen molar-refractivity contribution < 1.29 is 5.11 Å². The number of aliphatic hydroxyl groups excluding tert-OH is 1. The van der Waals surface area contributed by atoms with Crippen LogP contribution in [0.1, 0.15) is 25.2 Å². The van der Waals surface area contributed by atoms with Crippen LogP contribution < -0.4 is 0 Å². The zero-order valence-electron chi connectivity index (χ0n) is 9.01. The highest BCUT2D eigenvalue weighted by atomic mass is 16.3. The molecule has 15 heavy (non-hydrogen) atoms. The van der Waals surface area contributed by atoms with Gasteiger partial charge in [-0.05, 0) is 24.5 Å². The smallest absolute Gasteiger partial charge is 0.153 e. The van der Waals surface area contributed by atoms with Gasteiger partial charge in [-0.3, -0.25) is 0 Å². The Kier molecular flexibility index (Phi) is 2.68. The van der Waals surface area contributed by atoms with Gasteiger partial charge < -0.3 is 5.11 Å². The summed E-state index contributed by atoms with van der Waals surface area (Å²) in [5.74, 6) is 0.593. The molecule has 0 aromatic carbocycles. The lowest BCUT2D eigenvalue weighted by Crippen LogP contribution is -2.01. The maximum atomic E-state index is 8.95. The molecule has 2 rings (SSSR count). The highest BCUT2D eigenvalue weighted by molar-refractivity contribution is 5.38. The Morgan fingerprint density at radius 1 is 1.33 bits per heavy atom.